The molecule has 37 heavy (non-hydrogen) atoms. The average molecular weight is 519 g/mol. The quantitative estimate of drug-likeness (QED) is 0.343. The zero-order valence-corrected chi connectivity index (χ0v) is 24.0. The molecule has 0 aliphatic heterocycles. The van der Waals surface area contributed by atoms with Crippen molar-refractivity contribution in [2.45, 2.75) is 118 Å². The normalized spacial score (nSPS) is 56.7. The molecule has 5 aliphatic carbocycles. The number of carboxylic acid groups (broad SMARTS) is 1. The summed E-state index contributed by atoms with van der Waals surface area (Å²) in [4.78, 5) is 13.0. The summed E-state index contributed by atoms with van der Waals surface area (Å²) in [5.41, 5.74) is -2.56. The van der Waals surface area contributed by atoms with E-state index in [0.717, 1.165) is 31.3 Å². The lowest BCUT2D eigenvalue weighted by molar-refractivity contribution is -0.251. The van der Waals surface area contributed by atoms with Crippen LogP contribution >= 0.6 is 0 Å². The van der Waals surface area contributed by atoms with Crippen molar-refractivity contribution in [3.05, 3.63) is 11.6 Å². The number of carbonyl (C=O) groups is 1. The van der Waals surface area contributed by atoms with Crippen molar-refractivity contribution in [1.29, 1.82) is 0 Å². The Labute approximate surface area is 222 Å². The zero-order valence-electron chi connectivity index (χ0n) is 24.0. The molecule has 11 unspecified atom stereocenters. The fourth-order valence-electron chi connectivity index (χ4n) is 11.5. The lowest BCUT2D eigenvalue weighted by atomic mass is 9.31. The van der Waals surface area contributed by atoms with Crippen molar-refractivity contribution in [2.24, 2.45) is 49.7 Å². The number of hydrogen-bond donors (Lipinski definition) is 5. The molecular weight excluding hydrogens is 468 g/mol. The van der Waals surface area contributed by atoms with Gasteiger partial charge in [0.15, 0.2) is 0 Å². The van der Waals surface area contributed by atoms with E-state index in [1.54, 1.807) is 0 Å². The molecule has 210 valence electrons. The number of allylic oxidation sites excluding steroid dienone is 1. The number of carboxylic acids is 1. The van der Waals surface area contributed by atoms with Gasteiger partial charge in [-0.2, -0.15) is 0 Å². The van der Waals surface area contributed by atoms with Gasteiger partial charge in [-0.3, -0.25) is 4.79 Å². The summed E-state index contributed by atoms with van der Waals surface area (Å²) in [6.45, 7) is 14.9. The smallest absolute Gasteiger partial charge is 0.310 e. The molecule has 5 aliphatic rings. The first-order valence-electron chi connectivity index (χ1n) is 14.5. The maximum atomic E-state index is 13.0. The van der Waals surface area contributed by atoms with E-state index >= 15 is 0 Å². The predicted octanol–water partition coefficient (Wildman–Crippen LogP) is 4.54. The van der Waals surface area contributed by atoms with E-state index in [0.29, 0.717) is 25.7 Å². The van der Waals surface area contributed by atoms with Crippen molar-refractivity contribution >= 4 is 5.97 Å². The van der Waals surface area contributed by atoms with Gasteiger partial charge in [0.05, 0.1) is 30.3 Å². The first kappa shape index (κ1) is 27.6. The summed E-state index contributed by atoms with van der Waals surface area (Å²) in [5.74, 6) is -0.481. The third kappa shape index (κ3) is 2.94. The molecule has 0 bridgehead atoms. The largest absolute Gasteiger partial charge is 0.481 e. The summed E-state index contributed by atoms with van der Waals surface area (Å²) >= 11 is 0. The number of aliphatic hydroxyl groups excluding tert-OH is 4. The van der Waals surface area contributed by atoms with Crippen molar-refractivity contribution in [3.8, 4) is 0 Å². The van der Waals surface area contributed by atoms with E-state index in [1.807, 2.05) is 13.8 Å². The molecule has 6 nitrogen and oxygen atoms in total. The van der Waals surface area contributed by atoms with Crippen LogP contribution < -0.4 is 0 Å². The zero-order chi connectivity index (χ0) is 27.6. The van der Waals surface area contributed by atoms with Crippen LogP contribution in [0.25, 0.3) is 0 Å². The highest BCUT2D eigenvalue weighted by Crippen LogP contribution is 2.78. The summed E-state index contributed by atoms with van der Waals surface area (Å²) in [5, 5.41) is 55.1. The molecule has 0 saturated heterocycles. The standard InChI is InChI=1S/C31H50O6/c1-25(2)12-14-31(24(36)37)15-13-29(6)21(30(31,7)23(25)35)9-8-20-26(3)16-18(33)22(34)27(4,17-32)19(26)10-11-28(20,29)5/h9,18-20,22-23,32-35H,8,10-17H2,1-7H3,(H,36,37). The van der Waals surface area contributed by atoms with Gasteiger partial charge in [-0.25, -0.2) is 0 Å². The number of fused-ring (bicyclic) bond motifs is 7. The third-order valence-corrected chi connectivity index (χ3v) is 14.1. The second-order valence-electron chi connectivity index (χ2n) is 15.6. The van der Waals surface area contributed by atoms with E-state index in [2.05, 4.69) is 40.7 Å². The Kier molecular flexibility index (Phi) is 5.84. The van der Waals surface area contributed by atoms with Crippen molar-refractivity contribution in [3.63, 3.8) is 0 Å². The van der Waals surface area contributed by atoms with Crippen molar-refractivity contribution < 1.29 is 30.3 Å². The van der Waals surface area contributed by atoms with E-state index in [9.17, 15) is 30.3 Å². The Balaban J connectivity index is 1.67. The predicted molar refractivity (Wildman–Crippen MR) is 141 cm³/mol. The van der Waals surface area contributed by atoms with Gasteiger partial charge in [0.1, 0.15) is 0 Å². The minimum absolute atomic E-state index is 0.0801. The van der Waals surface area contributed by atoms with Gasteiger partial charge in [-0.05, 0) is 84.9 Å². The van der Waals surface area contributed by atoms with Crippen LogP contribution in [0.3, 0.4) is 0 Å². The molecule has 4 fully saturated rings. The van der Waals surface area contributed by atoms with Gasteiger partial charge in [0.25, 0.3) is 0 Å². The highest BCUT2D eigenvalue weighted by molar-refractivity contribution is 5.78. The molecule has 0 amide bonds. The molecule has 5 N–H and O–H groups in total. The van der Waals surface area contributed by atoms with Gasteiger partial charge >= 0.3 is 5.97 Å². The molecule has 0 aromatic rings. The number of hydrogen-bond acceptors (Lipinski definition) is 5. The molecule has 0 radical (unpaired) electrons. The lowest BCUT2D eigenvalue weighted by Crippen LogP contribution is -2.71. The maximum absolute atomic E-state index is 13.0. The Bertz CT molecular complexity index is 1020. The fourth-order valence-corrected chi connectivity index (χ4v) is 11.5. The molecule has 4 saturated carbocycles. The highest BCUT2D eigenvalue weighted by Gasteiger charge is 2.74. The molecule has 11 atom stereocenters. The Morgan fingerprint density at radius 1 is 0.919 bits per heavy atom. The summed E-state index contributed by atoms with van der Waals surface area (Å²) in [7, 11) is 0. The lowest BCUT2D eigenvalue weighted by Gasteiger charge is -2.73. The monoisotopic (exact) mass is 518 g/mol. The number of rotatable bonds is 2. The minimum atomic E-state index is -0.974. The van der Waals surface area contributed by atoms with Crippen LogP contribution in [0, 0.1) is 49.7 Å². The van der Waals surface area contributed by atoms with Crippen LogP contribution in [-0.4, -0.2) is 56.4 Å². The van der Waals surface area contributed by atoms with Crippen LogP contribution in [0.1, 0.15) is 99.8 Å². The van der Waals surface area contributed by atoms with Gasteiger partial charge in [-0.15, -0.1) is 0 Å². The maximum Gasteiger partial charge on any atom is 0.310 e. The van der Waals surface area contributed by atoms with E-state index in [4.69, 9.17) is 0 Å². The SMILES string of the molecule is CC1(C)CCC2(C(=O)O)CCC3(C)C(=CCC4C5(C)CC(O)C(O)C(C)(CO)C5CCC43C)C2(C)C1O. The molecule has 6 heteroatoms. The summed E-state index contributed by atoms with van der Waals surface area (Å²) in [6, 6.07) is 0. The van der Waals surface area contributed by atoms with Gasteiger partial charge in [-0.1, -0.05) is 60.1 Å². The first-order chi connectivity index (χ1) is 16.9. The fraction of sp³-hybridized carbons (Fsp3) is 0.903. The molecule has 0 spiro atoms. The Morgan fingerprint density at radius 3 is 2.14 bits per heavy atom. The molecular formula is C31H50O6. The van der Waals surface area contributed by atoms with Crippen LogP contribution in [0.5, 0.6) is 0 Å². The summed E-state index contributed by atoms with van der Waals surface area (Å²) in [6.07, 6.45) is 5.32. The average Bonchev–Trinajstić information content (AvgIpc) is 2.81. The van der Waals surface area contributed by atoms with Gasteiger partial charge in [0, 0.05) is 10.8 Å². The van der Waals surface area contributed by atoms with E-state index in [1.165, 1.54) is 0 Å². The molecule has 5 rings (SSSR count). The highest BCUT2D eigenvalue weighted by atomic mass is 16.4. The molecule has 0 aromatic heterocycles. The molecule has 0 aromatic carbocycles. The van der Waals surface area contributed by atoms with Gasteiger partial charge in [0.2, 0.25) is 0 Å². The van der Waals surface area contributed by atoms with Gasteiger partial charge < -0.3 is 25.5 Å². The van der Waals surface area contributed by atoms with Crippen LogP contribution in [0.2, 0.25) is 0 Å². The number of aliphatic carboxylic acids is 1. The van der Waals surface area contributed by atoms with Crippen molar-refractivity contribution in [1.82, 2.24) is 0 Å². The van der Waals surface area contributed by atoms with Crippen molar-refractivity contribution in [2.75, 3.05) is 6.61 Å². The Morgan fingerprint density at radius 2 is 1.54 bits per heavy atom. The van der Waals surface area contributed by atoms with Crippen LogP contribution in [0.15, 0.2) is 11.6 Å². The summed E-state index contributed by atoms with van der Waals surface area (Å²) < 4.78 is 0. The van der Waals surface area contributed by atoms with Crippen LogP contribution in [0.4, 0.5) is 0 Å². The van der Waals surface area contributed by atoms with E-state index < -0.39 is 40.5 Å². The second-order valence-corrected chi connectivity index (χ2v) is 15.6. The Hall–Kier alpha value is -0.950. The minimum Gasteiger partial charge on any atom is -0.481 e. The molecule has 0 heterocycles. The second kappa shape index (κ2) is 7.83. The van der Waals surface area contributed by atoms with Crippen LogP contribution in [-0.2, 0) is 4.79 Å². The van der Waals surface area contributed by atoms with E-state index in [-0.39, 0.29) is 40.1 Å². The first-order valence-corrected chi connectivity index (χ1v) is 14.5. The third-order valence-electron chi connectivity index (χ3n) is 14.1. The number of aliphatic hydroxyl groups is 4. The topological polar surface area (TPSA) is 118 Å².